The quantitative estimate of drug-likeness (QED) is 0.771. The number of Topliss-reactive ketones (excluding diaryl/α,β-unsaturated/α-hetero) is 1. The SMILES string of the molecule is O=C(CO)c1cc(Br)cs1. The summed E-state index contributed by atoms with van der Waals surface area (Å²) >= 11 is 4.53. The molecule has 2 nitrogen and oxygen atoms in total. The summed E-state index contributed by atoms with van der Waals surface area (Å²) in [5.41, 5.74) is 0. The first kappa shape index (κ1) is 7.91. The lowest BCUT2D eigenvalue weighted by Crippen LogP contribution is -2.00. The highest BCUT2D eigenvalue weighted by atomic mass is 79.9. The van der Waals surface area contributed by atoms with Crippen molar-refractivity contribution in [1.82, 2.24) is 0 Å². The number of thiophene rings is 1. The zero-order valence-electron chi connectivity index (χ0n) is 5.00. The van der Waals surface area contributed by atoms with E-state index in [0.717, 1.165) is 4.47 Å². The molecule has 1 aromatic heterocycles. The van der Waals surface area contributed by atoms with Gasteiger partial charge in [0.15, 0.2) is 5.78 Å². The van der Waals surface area contributed by atoms with Crippen LogP contribution >= 0.6 is 27.3 Å². The molecule has 0 unspecified atom stereocenters. The number of ketones is 1. The lowest BCUT2D eigenvalue weighted by molar-refractivity contribution is 0.0908. The molecule has 0 fully saturated rings. The molecule has 54 valence electrons. The van der Waals surface area contributed by atoms with Crippen LogP contribution < -0.4 is 0 Å². The first-order valence-electron chi connectivity index (χ1n) is 2.62. The fourth-order valence-corrected chi connectivity index (χ4v) is 1.90. The second-order valence-corrected chi connectivity index (χ2v) is 3.54. The standard InChI is InChI=1S/C6H5BrO2S/c7-4-1-6(10-3-4)5(9)2-8/h1,3,8H,2H2. The molecule has 0 saturated carbocycles. The van der Waals surface area contributed by atoms with E-state index in [2.05, 4.69) is 15.9 Å². The summed E-state index contributed by atoms with van der Waals surface area (Å²) in [5.74, 6) is -0.226. The van der Waals surface area contributed by atoms with Crippen molar-refractivity contribution in [2.24, 2.45) is 0 Å². The Kier molecular flexibility index (Phi) is 2.59. The van der Waals surface area contributed by atoms with Crippen LogP contribution in [0.5, 0.6) is 0 Å². The fraction of sp³-hybridized carbons (Fsp3) is 0.167. The molecule has 0 bridgehead atoms. The van der Waals surface area contributed by atoms with Gasteiger partial charge in [0.1, 0.15) is 6.61 Å². The molecule has 10 heavy (non-hydrogen) atoms. The molecule has 1 aromatic rings. The van der Waals surface area contributed by atoms with Crippen molar-refractivity contribution in [3.63, 3.8) is 0 Å². The van der Waals surface area contributed by atoms with Crippen LogP contribution in [0.1, 0.15) is 9.67 Å². The number of aliphatic hydroxyl groups is 1. The van der Waals surface area contributed by atoms with Gasteiger partial charge in [0.2, 0.25) is 0 Å². The van der Waals surface area contributed by atoms with Crippen molar-refractivity contribution in [1.29, 1.82) is 0 Å². The minimum atomic E-state index is -0.410. The Balaban J connectivity index is 2.85. The molecule has 0 aliphatic carbocycles. The van der Waals surface area contributed by atoms with Gasteiger partial charge in [-0.2, -0.15) is 0 Å². The smallest absolute Gasteiger partial charge is 0.198 e. The molecule has 0 radical (unpaired) electrons. The van der Waals surface area contributed by atoms with Crippen molar-refractivity contribution in [3.8, 4) is 0 Å². The van der Waals surface area contributed by atoms with Gasteiger partial charge in [0.25, 0.3) is 0 Å². The summed E-state index contributed by atoms with van der Waals surface area (Å²) in [7, 11) is 0. The average molecular weight is 221 g/mol. The van der Waals surface area contributed by atoms with Gasteiger partial charge in [-0.05, 0) is 22.0 Å². The van der Waals surface area contributed by atoms with E-state index in [1.54, 1.807) is 6.07 Å². The van der Waals surface area contributed by atoms with Crippen LogP contribution in [0.25, 0.3) is 0 Å². The zero-order chi connectivity index (χ0) is 7.56. The lowest BCUT2D eigenvalue weighted by Gasteiger charge is -1.86. The molecule has 0 atom stereocenters. The normalized spacial score (nSPS) is 9.80. The molecule has 0 saturated heterocycles. The van der Waals surface area contributed by atoms with Crippen LogP contribution in [-0.4, -0.2) is 17.5 Å². The number of hydrogen-bond donors (Lipinski definition) is 1. The topological polar surface area (TPSA) is 37.3 Å². The highest BCUT2D eigenvalue weighted by molar-refractivity contribution is 9.10. The minimum Gasteiger partial charge on any atom is -0.388 e. The van der Waals surface area contributed by atoms with Gasteiger partial charge >= 0.3 is 0 Å². The number of hydrogen-bond acceptors (Lipinski definition) is 3. The molecule has 1 heterocycles. The van der Waals surface area contributed by atoms with Gasteiger partial charge < -0.3 is 5.11 Å². The van der Waals surface area contributed by atoms with Crippen molar-refractivity contribution < 1.29 is 9.90 Å². The largest absolute Gasteiger partial charge is 0.388 e. The highest BCUT2D eigenvalue weighted by Crippen LogP contribution is 2.19. The van der Waals surface area contributed by atoms with Crippen LogP contribution in [0.4, 0.5) is 0 Å². The van der Waals surface area contributed by atoms with Crippen LogP contribution in [0.3, 0.4) is 0 Å². The number of halogens is 1. The Labute approximate surface area is 70.6 Å². The van der Waals surface area contributed by atoms with Crippen molar-refractivity contribution in [2.45, 2.75) is 0 Å². The molecule has 4 heteroatoms. The monoisotopic (exact) mass is 220 g/mol. The maximum Gasteiger partial charge on any atom is 0.198 e. The van der Waals surface area contributed by atoms with Gasteiger partial charge in [0, 0.05) is 9.85 Å². The third kappa shape index (κ3) is 1.65. The fourth-order valence-electron chi connectivity index (χ4n) is 0.537. The van der Waals surface area contributed by atoms with E-state index < -0.39 is 6.61 Å². The zero-order valence-corrected chi connectivity index (χ0v) is 7.41. The molecule has 1 N–H and O–H groups in total. The number of carbonyl (C=O) groups is 1. The summed E-state index contributed by atoms with van der Waals surface area (Å²) in [6.45, 7) is -0.410. The predicted molar refractivity (Wildman–Crippen MR) is 43.4 cm³/mol. The predicted octanol–water partition coefficient (Wildman–Crippen LogP) is 1.69. The van der Waals surface area contributed by atoms with Crippen LogP contribution in [0, 0.1) is 0 Å². The van der Waals surface area contributed by atoms with Crippen LogP contribution in [0.2, 0.25) is 0 Å². The maximum absolute atomic E-state index is 10.8. The first-order chi connectivity index (χ1) is 4.74. The molecular formula is C6H5BrO2S. The van der Waals surface area contributed by atoms with Gasteiger partial charge in [-0.25, -0.2) is 0 Å². The molecule has 1 rings (SSSR count). The number of carbonyl (C=O) groups excluding carboxylic acids is 1. The maximum atomic E-state index is 10.8. The van der Waals surface area contributed by atoms with E-state index in [4.69, 9.17) is 5.11 Å². The van der Waals surface area contributed by atoms with Crippen molar-refractivity contribution in [3.05, 3.63) is 20.8 Å². The van der Waals surface area contributed by atoms with Gasteiger partial charge in [-0.15, -0.1) is 11.3 Å². The molecule has 0 aliphatic heterocycles. The summed E-state index contributed by atoms with van der Waals surface area (Å²) in [6, 6.07) is 1.70. The number of rotatable bonds is 2. The van der Waals surface area contributed by atoms with Crippen molar-refractivity contribution in [2.75, 3.05) is 6.61 Å². The van der Waals surface area contributed by atoms with E-state index >= 15 is 0 Å². The second-order valence-electron chi connectivity index (χ2n) is 1.71. The van der Waals surface area contributed by atoms with Crippen LogP contribution in [0.15, 0.2) is 15.9 Å². The summed E-state index contributed by atoms with van der Waals surface area (Å²) in [6.07, 6.45) is 0. The van der Waals surface area contributed by atoms with Gasteiger partial charge in [-0.3, -0.25) is 4.79 Å². The van der Waals surface area contributed by atoms with E-state index in [-0.39, 0.29) is 5.78 Å². The minimum absolute atomic E-state index is 0.226. The van der Waals surface area contributed by atoms with Crippen molar-refractivity contribution >= 4 is 33.0 Å². The molecule has 0 amide bonds. The first-order valence-corrected chi connectivity index (χ1v) is 4.29. The Morgan fingerprint density at radius 3 is 2.90 bits per heavy atom. The van der Waals surface area contributed by atoms with Crippen LogP contribution in [-0.2, 0) is 0 Å². The van der Waals surface area contributed by atoms with E-state index in [0.29, 0.717) is 4.88 Å². The Bertz CT molecular complexity index is 244. The Hall–Kier alpha value is -0.190. The highest BCUT2D eigenvalue weighted by Gasteiger charge is 2.05. The average Bonchev–Trinajstić information content (AvgIpc) is 2.34. The third-order valence-corrected chi connectivity index (χ3v) is 2.72. The molecule has 0 spiro atoms. The summed E-state index contributed by atoms with van der Waals surface area (Å²) < 4.78 is 0.884. The number of aliphatic hydroxyl groups excluding tert-OH is 1. The molecule has 0 aromatic carbocycles. The molecular weight excluding hydrogens is 216 g/mol. The summed E-state index contributed by atoms with van der Waals surface area (Å²) in [5, 5.41) is 10.2. The molecule has 0 aliphatic rings. The Morgan fingerprint density at radius 2 is 2.50 bits per heavy atom. The lowest BCUT2D eigenvalue weighted by atomic mass is 10.3. The summed E-state index contributed by atoms with van der Waals surface area (Å²) in [4.78, 5) is 11.4. The van der Waals surface area contributed by atoms with E-state index in [1.807, 2.05) is 5.38 Å². The Morgan fingerprint density at radius 1 is 1.80 bits per heavy atom. The second kappa shape index (κ2) is 3.27. The third-order valence-electron chi connectivity index (χ3n) is 0.986. The van der Waals surface area contributed by atoms with Gasteiger partial charge in [0.05, 0.1) is 4.88 Å². The van der Waals surface area contributed by atoms with E-state index in [9.17, 15) is 4.79 Å². The van der Waals surface area contributed by atoms with E-state index in [1.165, 1.54) is 11.3 Å². The van der Waals surface area contributed by atoms with Gasteiger partial charge in [-0.1, -0.05) is 0 Å².